The van der Waals surface area contributed by atoms with Gasteiger partial charge in [0.25, 0.3) is 11.8 Å². The van der Waals surface area contributed by atoms with Crippen molar-refractivity contribution in [2.45, 2.75) is 52.8 Å². The molecular formula is C28H29N7O4S. The third-order valence-corrected chi connectivity index (χ3v) is 7.67. The van der Waals surface area contributed by atoms with Gasteiger partial charge in [-0.1, -0.05) is 38.1 Å². The number of hydrogen-bond acceptors (Lipinski definition) is 9. The lowest BCUT2D eigenvalue weighted by atomic mass is 9.93. The minimum Gasteiger partial charge on any atom is -0.392 e. The molecule has 1 fully saturated rings. The van der Waals surface area contributed by atoms with Crippen molar-refractivity contribution in [3.05, 3.63) is 58.8 Å². The zero-order valence-electron chi connectivity index (χ0n) is 22.4. The van der Waals surface area contributed by atoms with Gasteiger partial charge in [0.1, 0.15) is 11.6 Å². The Bertz CT molecular complexity index is 1620. The maximum absolute atomic E-state index is 13.4. The van der Waals surface area contributed by atoms with E-state index in [0.29, 0.717) is 45.7 Å². The summed E-state index contributed by atoms with van der Waals surface area (Å²) >= 11 is 1.23. The zero-order valence-corrected chi connectivity index (χ0v) is 23.2. The van der Waals surface area contributed by atoms with Gasteiger partial charge in [-0.3, -0.25) is 14.9 Å². The number of aromatic nitrogens is 4. The molecule has 2 amide bonds. The van der Waals surface area contributed by atoms with Crippen LogP contribution in [0.15, 0.2) is 52.9 Å². The Morgan fingerprint density at radius 1 is 1.30 bits per heavy atom. The molecule has 3 aromatic heterocycles. The second kappa shape index (κ2) is 11.0. The molecular weight excluding hydrogens is 530 g/mol. The molecule has 1 aromatic carbocycles. The van der Waals surface area contributed by atoms with Crippen LogP contribution in [-0.4, -0.2) is 54.1 Å². The molecule has 1 saturated heterocycles. The van der Waals surface area contributed by atoms with E-state index in [0.717, 1.165) is 18.4 Å². The summed E-state index contributed by atoms with van der Waals surface area (Å²) in [5.74, 6) is 0.0914. The lowest BCUT2D eigenvalue weighted by Crippen LogP contribution is -2.39. The molecule has 0 saturated carbocycles. The van der Waals surface area contributed by atoms with E-state index >= 15 is 0 Å². The number of aliphatic hydroxyl groups is 1. The Balaban J connectivity index is 1.45. The maximum Gasteiger partial charge on any atom is 0.268 e. The number of aliphatic hydroxyl groups excluding tert-OH is 1. The molecule has 40 heavy (non-hydrogen) atoms. The number of benzene rings is 1. The highest BCUT2D eigenvalue weighted by molar-refractivity contribution is 7.17. The van der Waals surface area contributed by atoms with Gasteiger partial charge < -0.3 is 19.1 Å². The van der Waals surface area contributed by atoms with Crippen molar-refractivity contribution < 1.29 is 19.2 Å². The van der Waals surface area contributed by atoms with E-state index < -0.39 is 0 Å². The Morgan fingerprint density at radius 3 is 2.83 bits per heavy atom. The van der Waals surface area contributed by atoms with Gasteiger partial charge in [-0.25, -0.2) is 4.98 Å². The third kappa shape index (κ3) is 5.66. The van der Waals surface area contributed by atoms with E-state index in [4.69, 9.17) is 4.52 Å². The van der Waals surface area contributed by atoms with Gasteiger partial charge >= 0.3 is 0 Å². The largest absolute Gasteiger partial charge is 0.392 e. The number of nitriles is 1. The van der Waals surface area contributed by atoms with Crippen LogP contribution in [-0.2, 0) is 17.9 Å². The molecule has 5 rings (SSSR count). The first-order valence-electron chi connectivity index (χ1n) is 12.9. The number of anilines is 1. The van der Waals surface area contributed by atoms with Crippen LogP contribution in [0.4, 0.5) is 5.95 Å². The Kier molecular flexibility index (Phi) is 7.51. The zero-order chi connectivity index (χ0) is 28.4. The van der Waals surface area contributed by atoms with Crippen molar-refractivity contribution in [2.24, 2.45) is 5.41 Å². The molecule has 1 aliphatic heterocycles. The molecule has 1 unspecified atom stereocenters. The fraction of sp³-hybridized carbons (Fsp3) is 0.357. The van der Waals surface area contributed by atoms with Crippen molar-refractivity contribution >= 4 is 40.1 Å². The number of hydrogen-bond donors (Lipinski definition) is 2. The minimum atomic E-state index is -0.349. The highest BCUT2D eigenvalue weighted by atomic mass is 32.1. The van der Waals surface area contributed by atoms with E-state index in [-0.39, 0.29) is 35.5 Å². The van der Waals surface area contributed by atoms with E-state index in [1.807, 2.05) is 31.4 Å². The third-order valence-electron chi connectivity index (χ3n) is 6.59. The smallest absolute Gasteiger partial charge is 0.268 e. The van der Waals surface area contributed by atoms with Crippen molar-refractivity contribution in [2.75, 3.05) is 11.9 Å². The summed E-state index contributed by atoms with van der Waals surface area (Å²) < 4.78 is 6.69. The summed E-state index contributed by atoms with van der Waals surface area (Å²) in [5, 5.41) is 26.1. The maximum atomic E-state index is 13.4. The van der Waals surface area contributed by atoms with Gasteiger partial charge in [0, 0.05) is 13.1 Å². The molecule has 4 aromatic rings. The molecule has 1 atom stereocenters. The van der Waals surface area contributed by atoms with Crippen LogP contribution in [0.2, 0.25) is 0 Å². The summed E-state index contributed by atoms with van der Waals surface area (Å²) in [6.45, 7) is 6.63. The van der Waals surface area contributed by atoms with Crippen LogP contribution in [0.3, 0.4) is 0 Å². The van der Waals surface area contributed by atoms with Crippen LogP contribution in [0.25, 0.3) is 21.7 Å². The second-order valence-corrected chi connectivity index (χ2v) is 11.8. The van der Waals surface area contributed by atoms with Crippen molar-refractivity contribution in [3.8, 4) is 16.8 Å². The second-order valence-electron chi connectivity index (χ2n) is 10.7. The number of rotatable bonds is 7. The number of imidazole rings is 1. The molecule has 206 valence electrons. The predicted molar refractivity (Wildman–Crippen MR) is 149 cm³/mol. The highest BCUT2D eigenvalue weighted by Gasteiger charge is 2.32. The molecule has 0 aliphatic carbocycles. The number of nitrogens with zero attached hydrogens (tertiary/aromatic N) is 6. The highest BCUT2D eigenvalue weighted by Crippen LogP contribution is 2.30. The minimum absolute atomic E-state index is 0.131. The topological polar surface area (TPSA) is 150 Å². The first kappa shape index (κ1) is 27.2. The molecule has 11 nitrogen and oxygen atoms in total. The fourth-order valence-electron chi connectivity index (χ4n) is 4.81. The lowest BCUT2D eigenvalue weighted by molar-refractivity contribution is -0.127. The lowest BCUT2D eigenvalue weighted by Gasteiger charge is -2.26. The first-order valence-corrected chi connectivity index (χ1v) is 13.7. The summed E-state index contributed by atoms with van der Waals surface area (Å²) in [7, 11) is 0. The van der Waals surface area contributed by atoms with Crippen LogP contribution >= 0.6 is 11.3 Å². The standard InChI is InChI=1S/C28H29N7O4S/c1-28(2,3)12-18(13-29)26(38)34-10-4-5-19(34)14-35-21-7-6-17(15-36)11-20(21)31-27(35)32-25(37)23-9-8-22(40-23)24-30-16-39-33-24/h6-9,11-12,16,19,36H,4-5,10,14-15H2,1-3H3,(H,31,32,37). The van der Waals surface area contributed by atoms with E-state index in [2.05, 4.69) is 26.5 Å². The molecule has 1 aliphatic rings. The van der Waals surface area contributed by atoms with Crippen molar-refractivity contribution in [1.29, 1.82) is 5.26 Å². The quantitative estimate of drug-likeness (QED) is 0.250. The Hall–Kier alpha value is -4.34. The van der Waals surface area contributed by atoms with Gasteiger partial charge in [0.2, 0.25) is 18.2 Å². The number of amides is 2. The van der Waals surface area contributed by atoms with Crippen molar-refractivity contribution in [1.82, 2.24) is 24.6 Å². The van der Waals surface area contributed by atoms with E-state index in [1.54, 1.807) is 35.2 Å². The Morgan fingerprint density at radius 2 is 2.12 bits per heavy atom. The number of allylic oxidation sites excluding steroid dienone is 1. The van der Waals surface area contributed by atoms with E-state index in [9.17, 15) is 20.0 Å². The summed E-state index contributed by atoms with van der Waals surface area (Å²) in [4.78, 5) is 38.2. The van der Waals surface area contributed by atoms with Crippen LogP contribution in [0, 0.1) is 16.7 Å². The van der Waals surface area contributed by atoms with Gasteiger partial charge in [-0.15, -0.1) is 11.3 Å². The normalized spacial score (nSPS) is 15.9. The van der Waals surface area contributed by atoms with Crippen LogP contribution in [0.5, 0.6) is 0 Å². The number of carbonyl (C=O) groups excluding carboxylic acids is 2. The SMILES string of the molecule is CC(C)(C)C=C(C#N)C(=O)N1CCCC1Cn1c(NC(=O)c2ccc(-c3ncon3)s2)nc2cc(CO)ccc21. The summed E-state index contributed by atoms with van der Waals surface area (Å²) in [5.41, 5.74) is 1.88. The Labute approximate surface area is 234 Å². The number of fused-ring (bicyclic) bond motifs is 1. The number of likely N-dealkylation sites (tertiary alicyclic amines) is 1. The van der Waals surface area contributed by atoms with Gasteiger partial charge in [0.15, 0.2) is 0 Å². The average molecular weight is 560 g/mol. The fourth-order valence-corrected chi connectivity index (χ4v) is 5.64. The molecule has 0 bridgehead atoms. The van der Waals surface area contributed by atoms with Crippen LogP contribution < -0.4 is 5.32 Å². The van der Waals surface area contributed by atoms with Gasteiger partial charge in [0.05, 0.1) is 33.4 Å². The molecule has 0 spiro atoms. The molecule has 4 heterocycles. The number of carbonyl (C=O) groups is 2. The molecule has 0 radical (unpaired) electrons. The first-order chi connectivity index (χ1) is 19.2. The summed E-state index contributed by atoms with van der Waals surface area (Å²) in [6.07, 6.45) is 4.50. The van der Waals surface area contributed by atoms with Crippen LogP contribution in [0.1, 0.15) is 48.8 Å². The van der Waals surface area contributed by atoms with Gasteiger partial charge in [-0.2, -0.15) is 10.2 Å². The number of thiophene rings is 1. The van der Waals surface area contributed by atoms with Crippen molar-refractivity contribution in [3.63, 3.8) is 0 Å². The molecule has 2 N–H and O–H groups in total. The average Bonchev–Trinajstić information content (AvgIpc) is 3.73. The number of nitrogens with one attached hydrogen (secondary N) is 1. The van der Waals surface area contributed by atoms with Gasteiger partial charge in [-0.05, 0) is 48.1 Å². The summed E-state index contributed by atoms with van der Waals surface area (Å²) in [6, 6.07) is 10.8. The monoisotopic (exact) mass is 559 g/mol. The molecule has 12 heteroatoms. The predicted octanol–water partition coefficient (Wildman–Crippen LogP) is 4.38. The van der Waals surface area contributed by atoms with E-state index in [1.165, 1.54) is 17.7 Å².